The van der Waals surface area contributed by atoms with Gasteiger partial charge in [-0.2, -0.15) is 0 Å². The SMILES string of the molecule is COC(=O)CCc1csc(N(C)Cc2ccco2)n1. The highest BCUT2D eigenvalue weighted by atomic mass is 32.1. The van der Waals surface area contributed by atoms with Gasteiger partial charge < -0.3 is 14.1 Å². The van der Waals surface area contributed by atoms with Crippen molar-refractivity contribution in [2.45, 2.75) is 19.4 Å². The molecule has 0 N–H and O–H groups in total. The van der Waals surface area contributed by atoms with Gasteiger partial charge in [0.2, 0.25) is 0 Å². The quantitative estimate of drug-likeness (QED) is 0.761. The summed E-state index contributed by atoms with van der Waals surface area (Å²) in [5.74, 6) is 0.687. The summed E-state index contributed by atoms with van der Waals surface area (Å²) in [5.41, 5.74) is 0.914. The van der Waals surface area contributed by atoms with Crippen molar-refractivity contribution < 1.29 is 13.9 Å². The normalized spacial score (nSPS) is 10.4. The summed E-state index contributed by atoms with van der Waals surface area (Å²) in [6.45, 7) is 0.678. The van der Waals surface area contributed by atoms with Gasteiger partial charge in [-0.05, 0) is 12.1 Å². The van der Waals surface area contributed by atoms with E-state index in [0.29, 0.717) is 19.4 Å². The lowest BCUT2D eigenvalue weighted by atomic mass is 10.2. The van der Waals surface area contributed by atoms with Gasteiger partial charge in [0.1, 0.15) is 5.76 Å². The smallest absolute Gasteiger partial charge is 0.305 e. The summed E-state index contributed by atoms with van der Waals surface area (Å²) in [6, 6.07) is 3.80. The Morgan fingerprint density at radius 3 is 3.11 bits per heavy atom. The van der Waals surface area contributed by atoms with E-state index in [1.807, 2.05) is 29.5 Å². The number of furan rings is 1. The zero-order chi connectivity index (χ0) is 13.7. The van der Waals surface area contributed by atoms with Gasteiger partial charge in [0.15, 0.2) is 5.13 Å². The molecule has 0 unspecified atom stereocenters. The van der Waals surface area contributed by atoms with E-state index in [2.05, 4.69) is 9.72 Å². The molecule has 0 atom stereocenters. The fourth-order valence-electron chi connectivity index (χ4n) is 1.62. The van der Waals surface area contributed by atoms with Crippen LogP contribution in [-0.4, -0.2) is 25.1 Å². The Hall–Kier alpha value is -1.82. The topological polar surface area (TPSA) is 55.6 Å². The molecule has 19 heavy (non-hydrogen) atoms. The number of methoxy groups -OCH3 is 1. The van der Waals surface area contributed by atoms with E-state index in [0.717, 1.165) is 16.6 Å². The maximum atomic E-state index is 11.1. The predicted octanol–water partition coefficient (Wildman–Crippen LogP) is 2.48. The first kappa shape index (κ1) is 13.6. The Morgan fingerprint density at radius 1 is 1.58 bits per heavy atom. The Bertz CT molecular complexity index is 522. The molecule has 2 heterocycles. The van der Waals surface area contributed by atoms with E-state index in [1.165, 1.54) is 7.11 Å². The Kier molecular flexibility index (Phi) is 4.57. The molecule has 2 aromatic rings. The molecule has 0 saturated heterocycles. The monoisotopic (exact) mass is 280 g/mol. The van der Waals surface area contributed by atoms with Crippen molar-refractivity contribution in [3.8, 4) is 0 Å². The lowest BCUT2D eigenvalue weighted by Gasteiger charge is -2.13. The van der Waals surface area contributed by atoms with Gasteiger partial charge in [0, 0.05) is 18.8 Å². The molecule has 6 heteroatoms. The molecule has 2 aromatic heterocycles. The number of anilines is 1. The summed E-state index contributed by atoms with van der Waals surface area (Å²) in [7, 11) is 3.36. The third-order valence-corrected chi connectivity index (χ3v) is 3.66. The number of thiazole rings is 1. The molecule has 0 aliphatic rings. The van der Waals surface area contributed by atoms with Crippen molar-refractivity contribution >= 4 is 22.4 Å². The molecule has 0 fully saturated rings. The largest absolute Gasteiger partial charge is 0.469 e. The van der Waals surface area contributed by atoms with E-state index >= 15 is 0 Å². The molecule has 0 aliphatic heterocycles. The standard InChI is InChI=1S/C13H16N2O3S/c1-15(8-11-4-3-7-18-11)13-14-10(9-19-13)5-6-12(16)17-2/h3-4,7,9H,5-6,8H2,1-2H3. The second-order valence-corrected chi connectivity index (χ2v) is 4.97. The number of carbonyl (C=O) groups is 1. The van der Waals surface area contributed by atoms with Crippen LogP contribution in [0.2, 0.25) is 0 Å². The summed E-state index contributed by atoms with van der Waals surface area (Å²) in [4.78, 5) is 17.6. The number of hydrogen-bond donors (Lipinski definition) is 0. The molecule has 0 saturated carbocycles. The number of hydrogen-bond acceptors (Lipinski definition) is 6. The van der Waals surface area contributed by atoms with Crippen molar-refractivity contribution in [2.24, 2.45) is 0 Å². The number of rotatable bonds is 6. The minimum Gasteiger partial charge on any atom is -0.469 e. The fourth-order valence-corrected chi connectivity index (χ4v) is 2.45. The number of nitrogens with zero attached hydrogens (tertiary/aromatic N) is 2. The van der Waals surface area contributed by atoms with E-state index in [4.69, 9.17) is 4.42 Å². The molecule has 0 aliphatic carbocycles. The first-order valence-corrected chi connectivity index (χ1v) is 6.81. The summed E-state index contributed by atoms with van der Waals surface area (Å²) < 4.78 is 9.91. The molecular weight excluding hydrogens is 264 g/mol. The number of aromatic nitrogens is 1. The maximum Gasteiger partial charge on any atom is 0.305 e. The van der Waals surface area contributed by atoms with Crippen LogP contribution in [0.1, 0.15) is 17.9 Å². The number of carbonyl (C=O) groups excluding carboxylic acids is 1. The molecule has 0 amide bonds. The Morgan fingerprint density at radius 2 is 2.42 bits per heavy atom. The Labute approximate surface area is 115 Å². The number of aryl methyl sites for hydroxylation is 1. The summed E-state index contributed by atoms with van der Waals surface area (Å²) >= 11 is 1.56. The highest BCUT2D eigenvalue weighted by molar-refractivity contribution is 7.13. The molecule has 102 valence electrons. The van der Waals surface area contributed by atoms with Crippen LogP contribution in [0.15, 0.2) is 28.2 Å². The van der Waals surface area contributed by atoms with Gasteiger partial charge in [0.25, 0.3) is 0 Å². The summed E-state index contributed by atoms with van der Waals surface area (Å²) in [6.07, 6.45) is 2.63. The molecule has 0 radical (unpaired) electrons. The Balaban J connectivity index is 1.90. The van der Waals surface area contributed by atoms with Crippen molar-refractivity contribution in [2.75, 3.05) is 19.1 Å². The first-order chi connectivity index (χ1) is 9.19. The van der Waals surface area contributed by atoms with Crippen LogP contribution in [0, 0.1) is 0 Å². The molecule has 0 aromatic carbocycles. The van der Waals surface area contributed by atoms with Gasteiger partial charge in [0.05, 0.1) is 32.0 Å². The van der Waals surface area contributed by atoms with Gasteiger partial charge in [-0.15, -0.1) is 11.3 Å². The predicted molar refractivity (Wildman–Crippen MR) is 73.3 cm³/mol. The van der Waals surface area contributed by atoms with Gasteiger partial charge in [-0.1, -0.05) is 0 Å². The number of ether oxygens (including phenoxy) is 1. The third kappa shape index (κ3) is 3.82. The average molecular weight is 280 g/mol. The average Bonchev–Trinajstić information content (AvgIpc) is 3.06. The summed E-state index contributed by atoms with van der Waals surface area (Å²) in [5, 5.41) is 2.88. The molecule has 2 rings (SSSR count). The fraction of sp³-hybridized carbons (Fsp3) is 0.385. The zero-order valence-corrected chi connectivity index (χ0v) is 11.8. The van der Waals surface area contributed by atoms with E-state index < -0.39 is 0 Å². The third-order valence-electron chi connectivity index (χ3n) is 2.65. The van der Waals surface area contributed by atoms with Crippen LogP contribution in [0.25, 0.3) is 0 Å². The lowest BCUT2D eigenvalue weighted by Crippen LogP contribution is -2.15. The van der Waals surface area contributed by atoms with E-state index in [1.54, 1.807) is 17.6 Å². The molecule has 0 spiro atoms. The van der Waals surface area contributed by atoms with Crippen molar-refractivity contribution in [1.29, 1.82) is 0 Å². The minimum absolute atomic E-state index is 0.210. The maximum absolute atomic E-state index is 11.1. The molecule has 5 nitrogen and oxygen atoms in total. The highest BCUT2D eigenvalue weighted by Gasteiger charge is 2.10. The van der Waals surface area contributed by atoms with Crippen LogP contribution in [0.4, 0.5) is 5.13 Å². The van der Waals surface area contributed by atoms with Crippen molar-refractivity contribution in [3.05, 3.63) is 35.2 Å². The minimum atomic E-state index is -0.210. The van der Waals surface area contributed by atoms with Gasteiger partial charge in [-0.25, -0.2) is 4.98 Å². The van der Waals surface area contributed by atoms with Crippen LogP contribution in [0.3, 0.4) is 0 Å². The van der Waals surface area contributed by atoms with Crippen LogP contribution < -0.4 is 4.90 Å². The van der Waals surface area contributed by atoms with Gasteiger partial charge >= 0.3 is 5.97 Å². The van der Waals surface area contributed by atoms with Crippen LogP contribution in [-0.2, 0) is 22.5 Å². The highest BCUT2D eigenvalue weighted by Crippen LogP contribution is 2.21. The second-order valence-electron chi connectivity index (χ2n) is 4.13. The van der Waals surface area contributed by atoms with Crippen LogP contribution in [0.5, 0.6) is 0 Å². The molecular formula is C13H16N2O3S. The van der Waals surface area contributed by atoms with Crippen molar-refractivity contribution in [1.82, 2.24) is 4.98 Å². The van der Waals surface area contributed by atoms with Gasteiger partial charge in [-0.3, -0.25) is 4.79 Å². The van der Waals surface area contributed by atoms with E-state index in [-0.39, 0.29) is 5.97 Å². The number of esters is 1. The zero-order valence-electron chi connectivity index (χ0n) is 11.0. The van der Waals surface area contributed by atoms with E-state index in [9.17, 15) is 4.79 Å². The lowest BCUT2D eigenvalue weighted by molar-refractivity contribution is -0.140. The first-order valence-electron chi connectivity index (χ1n) is 5.94. The second kappa shape index (κ2) is 6.38. The molecule has 0 bridgehead atoms. The van der Waals surface area contributed by atoms with Crippen LogP contribution >= 0.6 is 11.3 Å². The van der Waals surface area contributed by atoms with Crippen molar-refractivity contribution in [3.63, 3.8) is 0 Å².